The molecule has 0 aliphatic heterocycles. The number of hydrogen-bond donors (Lipinski definition) is 1. The van der Waals surface area contributed by atoms with Crippen LogP contribution < -0.4 is 10.1 Å². The second kappa shape index (κ2) is 9.21. The van der Waals surface area contributed by atoms with Gasteiger partial charge in [0.15, 0.2) is 0 Å². The molecule has 0 unspecified atom stereocenters. The van der Waals surface area contributed by atoms with Gasteiger partial charge in [-0.15, -0.1) is 0 Å². The molecule has 0 saturated heterocycles. The maximum absolute atomic E-state index is 12.5. The number of anilines is 1. The molecule has 0 radical (unpaired) electrons. The third-order valence-electron chi connectivity index (χ3n) is 4.20. The minimum atomic E-state index is -0.543. The Kier molecular flexibility index (Phi) is 6.25. The molecule has 0 bridgehead atoms. The Morgan fingerprint density at radius 3 is 2.50 bits per heavy atom. The fourth-order valence-corrected chi connectivity index (χ4v) is 2.78. The molecule has 1 heterocycles. The number of amides is 1. The molecule has 0 aliphatic rings. The van der Waals surface area contributed by atoms with Gasteiger partial charge in [0.1, 0.15) is 17.4 Å². The molecular weight excluding hydrogens is 384 g/mol. The number of carbonyl (C=O) groups excluding carboxylic acids is 1. The van der Waals surface area contributed by atoms with E-state index in [4.69, 9.17) is 4.74 Å². The van der Waals surface area contributed by atoms with Crippen molar-refractivity contribution in [1.82, 2.24) is 4.57 Å². The van der Waals surface area contributed by atoms with Gasteiger partial charge in [0, 0.05) is 35.4 Å². The van der Waals surface area contributed by atoms with Gasteiger partial charge in [-0.25, -0.2) is 0 Å². The molecular formula is C22H18N4O4. The van der Waals surface area contributed by atoms with Crippen LogP contribution in [0, 0.1) is 21.4 Å². The second-order valence-corrected chi connectivity index (χ2v) is 6.16. The highest BCUT2D eigenvalue weighted by Crippen LogP contribution is 2.20. The van der Waals surface area contributed by atoms with E-state index < -0.39 is 10.8 Å². The van der Waals surface area contributed by atoms with Gasteiger partial charge < -0.3 is 14.6 Å². The average Bonchev–Trinajstić information content (AvgIpc) is 3.21. The van der Waals surface area contributed by atoms with Gasteiger partial charge in [0.25, 0.3) is 11.6 Å². The van der Waals surface area contributed by atoms with Crippen molar-refractivity contribution in [3.05, 3.63) is 88.2 Å². The van der Waals surface area contributed by atoms with Crippen LogP contribution in [0.5, 0.6) is 5.75 Å². The Balaban J connectivity index is 1.81. The van der Waals surface area contributed by atoms with E-state index in [1.165, 1.54) is 18.2 Å². The maximum atomic E-state index is 12.5. The maximum Gasteiger partial charge on any atom is 0.269 e. The van der Waals surface area contributed by atoms with Gasteiger partial charge in [-0.2, -0.15) is 5.26 Å². The summed E-state index contributed by atoms with van der Waals surface area (Å²) in [6.45, 7) is 2.42. The van der Waals surface area contributed by atoms with Crippen LogP contribution in [-0.4, -0.2) is 22.0 Å². The molecule has 30 heavy (non-hydrogen) atoms. The number of hydrogen-bond acceptors (Lipinski definition) is 5. The van der Waals surface area contributed by atoms with Gasteiger partial charge in [0.2, 0.25) is 0 Å². The number of carbonyl (C=O) groups is 1. The van der Waals surface area contributed by atoms with Crippen molar-refractivity contribution in [2.45, 2.75) is 6.92 Å². The van der Waals surface area contributed by atoms with Crippen molar-refractivity contribution in [1.29, 1.82) is 5.26 Å². The molecule has 150 valence electrons. The molecule has 8 nitrogen and oxygen atoms in total. The molecule has 1 aromatic heterocycles. The third-order valence-corrected chi connectivity index (χ3v) is 4.20. The van der Waals surface area contributed by atoms with Crippen LogP contribution in [0.4, 0.5) is 11.4 Å². The molecule has 0 fully saturated rings. The van der Waals surface area contributed by atoms with E-state index in [2.05, 4.69) is 5.32 Å². The van der Waals surface area contributed by atoms with Crippen molar-refractivity contribution in [3.63, 3.8) is 0 Å². The lowest BCUT2D eigenvalue weighted by molar-refractivity contribution is -0.384. The predicted octanol–water partition coefficient (Wildman–Crippen LogP) is 4.33. The minimum absolute atomic E-state index is 0.0181. The summed E-state index contributed by atoms with van der Waals surface area (Å²) in [6, 6.07) is 18.2. The third kappa shape index (κ3) is 4.72. The molecule has 0 aliphatic carbocycles. The first-order valence-electron chi connectivity index (χ1n) is 9.10. The summed E-state index contributed by atoms with van der Waals surface area (Å²) >= 11 is 0. The average molecular weight is 402 g/mol. The number of ether oxygens (including phenoxy) is 1. The summed E-state index contributed by atoms with van der Waals surface area (Å²) < 4.78 is 7.09. The van der Waals surface area contributed by atoms with Crippen molar-refractivity contribution in [2.24, 2.45) is 0 Å². The van der Waals surface area contributed by atoms with E-state index in [0.29, 0.717) is 29.4 Å². The molecule has 3 aromatic rings. The highest BCUT2D eigenvalue weighted by Gasteiger charge is 2.12. The zero-order valence-corrected chi connectivity index (χ0v) is 16.1. The zero-order valence-electron chi connectivity index (χ0n) is 16.1. The first-order valence-corrected chi connectivity index (χ1v) is 9.10. The normalized spacial score (nSPS) is 10.9. The Hall–Kier alpha value is -4.38. The van der Waals surface area contributed by atoms with E-state index >= 15 is 0 Å². The number of nitro benzene ring substituents is 1. The lowest BCUT2D eigenvalue weighted by Gasteiger charge is -2.08. The van der Waals surface area contributed by atoms with E-state index in [1.54, 1.807) is 59.3 Å². The Bertz CT molecular complexity index is 1120. The lowest BCUT2D eigenvalue weighted by Crippen LogP contribution is -2.13. The van der Waals surface area contributed by atoms with Crippen molar-refractivity contribution < 1.29 is 14.5 Å². The molecule has 3 rings (SSSR count). The smallest absolute Gasteiger partial charge is 0.269 e. The van der Waals surface area contributed by atoms with Gasteiger partial charge >= 0.3 is 0 Å². The molecule has 0 saturated carbocycles. The largest absolute Gasteiger partial charge is 0.494 e. The molecule has 0 atom stereocenters. The summed E-state index contributed by atoms with van der Waals surface area (Å²) in [7, 11) is 0. The number of nitrogens with zero attached hydrogens (tertiary/aromatic N) is 3. The topological polar surface area (TPSA) is 110 Å². The van der Waals surface area contributed by atoms with Crippen molar-refractivity contribution >= 4 is 23.4 Å². The van der Waals surface area contributed by atoms with E-state index in [9.17, 15) is 20.2 Å². The van der Waals surface area contributed by atoms with Crippen LogP contribution in [0.15, 0.2) is 72.4 Å². The van der Waals surface area contributed by atoms with Crippen LogP contribution >= 0.6 is 0 Å². The quantitative estimate of drug-likeness (QED) is 0.274. The standard InChI is InChI=1S/C22H18N4O4/c1-2-30-21-11-5-17(6-12-21)24-22(27)16(15-23)14-20-4-3-13-25(20)18-7-9-19(10-8-18)26(28)29/h3-14H,2H2,1H3,(H,24,27). The number of nitro groups is 1. The van der Waals surface area contributed by atoms with Gasteiger partial charge in [0.05, 0.1) is 11.5 Å². The van der Waals surface area contributed by atoms with Crippen molar-refractivity contribution in [3.8, 4) is 17.5 Å². The summed E-state index contributed by atoms with van der Waals surface area (Å²) in [5, 5.41) is 23.0. The van der Waals surface area contributed by atoms with Crippen LogP contribution in [0.2, 0.25) is 0 Å². The summed E-state index contributed by atoms with van der Waals surface area (Å²) in [5.41, 5.74) is 1.69. The first-order chi connectivity index (χ1) is 14.5. The summed E-state index contributed by atoms with van der Waals surface area (Å²) in [5.74, 6) is 0.144. The van der Waals surface area contributed by atoms with Crippen LogP contribution in [0.25, 0.3) is 11.8 Å². The Morgan fingerprint density at radius 1 is 1.20 bits per heavy atom. The van der Waals surface area contributed by atoms with E-state index in [0.717, 1.165) is 0 Å². The van der Waals surface area contributed by atoms with Crippen LogP contribution in [0.3, 0.4) is 0 Å². The van der Waals surface area contributed by atoms with Crippen LogP contribution in [0.1, 0.15) is 12.6 Å². The molecule has 8 heteroatoms. The summed E-state index contributed by atoms with van der Waals surface area (Å²) in [6.07, 6.45) is 3.21. The number of non-ortho nitro benzene ring substituents is 1. The number of benzene rings is 2. The minimum Gasteiger partial charge on any atom is -0.494 e. The first kappa shape index (κ1) is 20.4. The predicted molar refractivity (Wildman–Crippen MR) is 112 cm³/mol. The second-order valence-electron chi connectivity index (χ2n) is 6.16. The highest BCUT2D eigenvalue weighted by molar-refractivity contribution is 6.09. The Labute approximate surface area is 172 Å². The lowest BCUT2D eigenvalue weighted by atomic mass is 10.2. The SMILES string of the molecule is CCOc1ccc(NC(=O)C(C#N)=Cc2cccn2-c2ccc([N+](=O)[O-])cc2)cc1. The Morgan fingerprint density at radius 2 is 1.90 bits per heavy atom. The van der Waals surface area contributed by atoms with Gasteiger partial charge in [-0.05, 0) is 61.5 Å². The fraction of sp³-hybridized carbons (Fsp3) is 0.0909. The number of rotatable bonds is 7. The molecule has 1 N–H and O–H groups in total. The van der Waals surface area contributed by atoms with Gasteiger partial charge in [-0.1, -0.05) is 0 Å². The monoisotopic (exact) mass is 402 g/mol. The molecule has 1 amide bonds. The summed E-state index contributed by atoms with van der Waals surface area (Å²) in [4.78, 5) is 22.9. The van der Waals surface area contributed by atoms with Gasteiger partial charge in [-0.3, -0.25) is 14.9 Å². The van der Waals surface area contributed by atoms with E-state index in [-0.39, 0.29) is 11.3 Å². The molecule has 2 aromatic carbocycles. The highest BCUT2D eigenvalue weighted by atomic mass is 16.6. The van der Waals surface area contributed by atoms with Crippen molar-refractivity contribution in [2.75, 3.05) is 11.9 Å². The van der Waals surface area contributed by atoms with Crippen LogP contribution in [-0.2, 0) is 4.79 Å². The number of nitrogens with one attached hydrogen (secondary N) is 1. The molecule has 0 spiro atoms. The number of nitriles is 1. The zero-order chi connectivity index (χ0) is 21.5. The fourth-order valence-electron chi connectivity index (χ4n) is 2.78. The van der Waals surface area contributed by atoms with E-state index in [1.807, 2.05) is 13.0 Å². The number of aromatic nitrogens is 1.